The molecule has 0 unspecified atom stereocenters. The first-order valence-corrected chi connectivity index (χ1v) is 12.4. The predicted molar refractivity (Wildman–Crippen MR) is 127 cm³/mol. The first-order chi connectivity index (χ1) is 14.8. The Labute approximate surface area is 189 Å². The van der Waals surface area contributed by atoms with Gasteiger partial charge in [0.05, 0.1) is 15.3 Å². The lowest BCUT2D eigenvalue weighted by molar-refractivity contribution is 0.103. The van der Waals surface area contributed by atoms with Crippen molar-refractivity contribution in [2.75, 3.05) is 18.4 Å². The molecule has 0 saturated carbocycles. The molecule has 0 atom stereocenters. The fraction of sp³-hybridized carbons (Fsp3) is 0.182. The number of carbonyl (C=O) groups is 1. The highest BCUT2D eigenvalue weighted by molar-refractivity contribution is 7.89. The third kappa shape index (κ3) is 4.04. The molecule has 6 nitrogen and oxygen atoms in total. The highest BCUT2D eigenvalue weighted by Gasteiger charge is 2.21. The Morgan fingerprint density at radius 3 is 2.42 bits per heavy atom. The first kappa shape index (κ1) is 21.7. The molecule has 0 aliphatic carbocycles. The number of halogens is 1. The van der Waals surface area contributed by atoms with Gasteiger partial charge in [0.25, 0.3) is 5.91 Å². The van der Waals surface area contributed by atoms with Gasteiger partial charge in [0.2, 0.25) is 10.0 Å². The number of amides is 1. The Balaban J connectivity index is 1.61. The molecule has 0 aliphatic rings. The van der Waals surface area contributed by atoms with Gasteiger partial charge < -0.3 is 5.32 Å². The Morgan fingerprint density at radius 2 is 1.74 bits per heavy atom. The molecule has 2 heterocycles. The Morgan fingerprint density at radius 1 is 1.06 bits per heavy atom. The van der Waals surface area contributed by atoms with Crippen LogP contribution in [0.15, 0.2) is 59.5 Å². The number of nitrogens with zero attached hydrogens (tertiary/aromatic N) is 2. The number of rotatable bonds is 6. The van der Waals surface area contributed by atoms with Gasteiger partial charge in [0, 0.05) is 34.2 Å². The zero-order valence-electron chi connectivity index (χ0n) is 16.9. The molecule has 1 amide bonds. The van der Waals surface area contributed by atoms with E-state index in [0.717, 1.165) is 21.0 Å². The SMILES string of the molecule is CCN(CC)S(=O)(=O)c1ccc(NC(=O)c2cc3c(Cl)nc4ccccc4c3s2)cc1. The van der Waals surface area contributed by atoms with Gasteiger partial charge in [0.15, 0.2) is 0 Å². The number of thiophene rings is 1. The number of nitrogens with one attached hydrogen (secondary N) is 1. The molecule has 2 aromatic carbocycles. The molecule has 9 heteroatoms. The number of fused-ring (bicyclic) bond motifs is 3. The van der Waals surface area contributed by atoms with Crippen molar-refractivity contribution in [3.05, 3.63) is 64.6 Å². The van der Waals surface area contributed by atoms with Crippen LogP contribution in [0.5, 0.6) is 0 Å². The van der Waals surface area contributed by atoms with Crippen LogP contribution in [0.2, 0.25) is 5.15 Å². The summed E-state index contributed by atoms with van der Waals surface area (Å²) in [6.07, 6.45) is 0. The van der Waals surface area contributed by atoms with Crippen LogP contribution in [0.1, 0.15) is 23.5 Å². The van der Waals surface area contributed by atoms with E-state index < -0.39 is 10.0 Å². The molecule has 0 saturated heterocycles. The van der Waals surface area contributed by atoms with Gasteiger partial charge in [-0.3, -0.25) is 4.79 Å². The second-order valence-electron chi connectivity index (χ2n) is 6.84. The van der Waals surface area contributed by atoms with Crippen LogP contribution in [-0.2, 0) is 10.0 Å². The molecule has 0 spiro atoms. The van der Waals surface area contributed by atoms with E-state index >= 15 is 0 Å². The summed E-state index contributed by atoms with van der Waals surface area (Å²) in [5.74, 6) is -0.291. The average Bonchev–Trinajstić information content (AvgIpc) is 3.22. The lowest BCUT2D eigenvalue weighted by Crippen LogP contribution is -2.30. The second-order valence-corrected chi connectivity index (χ2v) is 10.2. The summed E-state index contributed by atoms with van der Waals surface area (Å²) in [6.45, 7) is 4.39. The zero-order chi connectivity index (χ0) is 22.2. The monoisotopic (exact) mass is 473 g/mol. The van der Waals surface area contributed by atoms with Crippen molar-refractivity contribution < 1.29 is 13.2 Å². The summed E-state index contributed by atoms with van der Waals surface area (Å²) in [5.41, 5.74) is 1.29. The van der Waals surface area contributed by atoms with Crippen LogP contribution >= 0.6 is 22.9 Å². The minimum atomic E-state index is -3.54. The summed E-state index contributed by atoms with van der Waals surface area (Å²) in [6, 6.07) is 15.6. The van der Waals surface area contributed by atoms with Crippen LogP contribution in [0, 0.1) is 0 Å². The molecule has 0 radical (unpaired) electrons. The first-order valence-electron chi connectivity index (χ1n) is 9.74. The maximum Gasteiger partial charge on any atom is 0.265 e. The van der Waals surface area contributed by atoms with E-state index in [-0.39, 0.29) is 10.8 Å². The summed E-state index contributed by atoms with van der Waals surface area (Å²) in [4.78, 5) is 17.9. The Kier molecular flexibility index (Phi) is 5.98. The third-order valence-corrected chi connectivity index (χ3v) is 8.52. The summed E-state index contributed by atoms with van der Waals surface area (Å²) < 4.78 is 27.5. The number of carbonyl (C=O) groups excluding carboxylic acids is 1. The molecular weight excluding hydrogens is 454 g/mol. The van der Waals surface area contributed by atoms with E-state index in [1.165, 1.54) is 27.8 Å². The number of anilines is 1. The van der Waals surface area contributed by atoms with Crippen molar-refractivity contribution >= 4 is 65.5 Å². The molecule has 1 N–H and O–H groups in total. The number of benzene rings is 2. The third-order valence-electron chi connectivity index (χ3n) is 5.00. The quantitative estimate of drug-likeness (QED) is 0.381. The summed E-state index contributed by atoms with van der Waals surface area (Å²) >= 11 is 7.67. The average molecular weight is 474 g/mol. The van der Waals surface area contributed by atoms with Crippen LogP contribution < -0.4 is 5.32 Å². The topological polar surface area (TPSA) is 79.4 Å². The molecule has 0 fully saturated rings. The van der Waals surface area contributed by atoms with E-state index in [2.05, 4.69) is 10.3 Å². The van der Waals surface area contributed by atoms with Gasteiger partial charge in [-0.15, -0.1) is 11.3 Å². The summed E-state index contributed by atoms with van der Waals surface area (Å²) in [7, 11) is -3.54. The maximum absolute atomic E-state index is 12.8. The molecule has 4 rings (SSSR count). The Bertz CT molecular complexity index is 1380. The van der Waals surface area contributed by atoms with Crippen molar-refractivity contribution in [1.82, 2.24) is 9.29 Å². The smallest absolute Gasteiger partial charge is 0.265 e. The molecule has 0 bridgehead atoms. The number of sulfonamides is 1. The van der Waals surface area contributed by atoms with Gasteiger partial charge in [-0.05, 0) is 36.4 Å². The Hall–Kier alpha value is -2.52. The van der Waals surface area contributed by atoms with E-state index in [1.54, 1.807) is 32.0 Å². The van der Waals surface area contributed by atoms with Crippen molar-refractivity contribution in [1.29, 1.82) is 0 Å². The lowest BCUT2D eigenvalue weighted by atomic mass is 10.2. The largest absolute Gasteiger partial charge is 0.321 e. The van der Waals surface area contributed by atoms with Gasteiger partial charge in [-0.2, -0.15) is 4.31 Å². The van der Waals surface area contributed by atoms with Crippen LogP contribution in [-0.4, -0.2) is 36.7 Å². The van der Waals surface area contributed by atoms with Crippen LogP contribution in [0.3, 0.4) is 0 Å². The molecule has 2 aromatic heterocycles. The zero-order valence-corrected chi connectivity index (χ0v) is 19.3. The molecular formula is C22H20ClN3O3S2. The van der Waals surface area contributed by atoms with E-state index in [4.69, 9.17) is 11.6 Å². The van der Waals surface area contributed by atoms with Crippen LogP contribution in [0.25, 0.3) is 21.0 Å². The normalized spacial score (nSPS) is 12.0. The minimum Gasteiger partial charge on any atom is -0.321 e. The molecule has 160 valence electrons. The van der Waals surface area contributed by atoms with Gasteiger partial charge in [0.1, 0.15) is 5.15 Å². The number of pyridine rings is 1. The van der Waals surface area contributed by atoms with Gasteiger partial charge in [-0.1, -0.05) is 43.6 Å². The van der Waals surface area contributed by atoms with Crippen LogP contribution in [0.4, 0.5) is 5.69 Å². The maximum atomic E-state index is 12.8. The standard InChI is InChI=1S/C22H20ClN3O3S2/c1-3-26(4-2)31(28,29)15-11-9-14(10-12-15)24-22(27)19-13-17-20(30-19)16-7-5-6-8-18(16)25-21(17)23/h5-13H,3-4H2,1-2H3,(H,24,27). The van der Waals surface area contributed by atoms with E-state index in [9.17, 15) is 13.2 Å². The van der Waals surface area contributed by atoms with E-state index in [1.807, 2.05) is 24.3 Å². The highest BCUT2D eigenvalue weighted by Crippen LogP contribution is 2.36. The second kappa shape index (κ2) is 8.55. The number of para-hydroxylation sites is 1. The number of aromatic nitrogens is 1. The van der Waals surface area contributed by atoms with Crippen molar-refractivity contribution in [3.8, 4) is 0 Å². The van der Waals surface area contributed by atoms with Gasteiger partial charge >= 0.3 is 0 Å². The lowest BCUT2D eigenvalue weighted by Gasteiger charge is -2.18. The van der Waals surface area contributed by atoms with Crippen molar-refractivity contribution in [2.45, 2.75) is 18.7 Å². The van der Waals surface area contributed by atoms with E-state index in [0.29, 0.717) is 28.8 Å². The fourth-order valence-electron chi connectivity index (χ4n) is 3.40. The highest BCUT2D eigenvalue weighted by atomic mass is 35.5. The predicted octanol–water partition coefficient (Wildman–Crippen LogP) is 5.39. The number of hydrogen-bond acceptors (Lipinski definition) is 5. The van der Waals surface area contributed by atoms with Gasteiger partial charge in [-0.25, -0.2) is 13.4 Å². The number of hydrogen-bond donors (Lipinski definition) is 1. The summed E-state index contributed by atoms with van der Waals surface area (Å²) in [5, 5.41) is 4.85. The fourth-order valence-corrected chi connectivity index (χ4v) is 6.24. The minimum absolute atomic E-state index is 0.195. The molecule has 4 aromatic rings. The van der Waals surface area contributed by atoms with Crippen molar-refractivity contribution in [2.24, 2.45) is 0 Å². The molecule has 0 aliphatic heterocycles. The molecule has 31 heavy (non-hydrogen) atoms. The van der Waals surface area contributed by atoms with Crippen molar-refractivity contribution in [3.63, 3.8) is 0 Å².